The maximum atomic E-state index is 6.37. The second kappa shape index (κ2) is 7.28. The lowest BCUT2D eigenvalue weighted by Gasteiger charge is -2.20. The molecule has 20 heavy (non-hydrogen) atoms. The molecule has 0 aliphatic carbocycles. The first-order valence-electron chi connectivity index (χ1n) is 6.47. The molecule has 1 N–H and O–H groups in total. The lowest BCUT2D eigenvalue weighted by atomic mass is 10.0. The third-order valence-corrected chi connectivity index (χ3v) is 5.58. The van der Waals surface area contributed by atoms with E-state index in [1.165, 1.54) is 9.75 Å². The summed E-state index contributed by atoms with van der Waals surface area (Å²) in [6, 6.07) is 7.82. The molecule has 1 aromatic heterocycles. The Labute approximate surface area is 142 Å². The molecule has 0 fully saturated rings. The Kier molecular flexibility index (Phi) is 5.94. The molecule has 1 atom stereocenters. The molecule has 108 valence electrons. The first kappa shape index (κ1) is 16.3. The highest BCUT2D eigenvalue weighted by Crippen LogP contribution is 2.38. The third kappa shape index (κ3) is 3.77. The van der Waals surface area contributed by atoms with Gasteiger partial charge >= 0.3 is 0 Å². The van der Waals surface area contributed by atoms with Gasteiger partial charge in [-0.1, -0.05) is 30.1 Å². The van der Waals surface area contributed by atoms with Crippen LogP contribution in [-0.4, -0.2) is 6.54 Å². The zero-order chi connectivity index (χ0) is 14.7. The van der Waals surface area contributed by atoms with Crippen molar-refractivity contribution in [1.29, 1.82) is 0 Å². The molecular formula is C15H16BrCl2NS. The summed E-state index contributed by atoms with van der Waals surface area (Å²) in [7, 11) is 0. The van der Waals surface area contributed by atoms with Crippen LogP contribution in [0.5, 0.6) is 0 Å². The number of benzene rings is 1. The Morgan fingerprint density at radius 2 is 2.05 bits per heavy atom. The van der Waals surface area contributed by atoms with Crippen molar-refractivity contribution in [3.8, 4) is 0 Å². The highest BCUT2D eigenvalue weighted by Gasteiger charge is 2.21. The van der Waals surface area contributed by atoms with Gasteiger partial charge in [0.1, 0.15) is 0 Å². The minimum atomic E-state index is 0.0641. The topological polar surface area (TPSA) is 12.0 Å². The van der Waals surface area contributed by atoms with Gasteiger partial charge in [-0.25, -0.2) is 0 Å². The van der Waals surface area contributed by atoms with Gasteiger partial charge in [-0.3, -0.25) is 0 Å². The van der Waals surface area contributed by atoms with Gasteiger partial charge in [0.2, 0.25) is 0 Å². The van der Waals surface area contributed by atoms with E-state index in [1.807, 2.05) is 18.2 Å². The zero-order valence-electron chi connectivity index (χ0n) is 11.3. The first-order valence-corrected chi connectivity index (χ1v) is 8.83. The van der Waals surface area contributed by atoms with Crippen molar-refractivity contribution in [2.45, 2.75) is 26.3 Å². The zero-order valence-corrected chi connectivity index (χ0v) is 15.3. The molecule has 0 aliphatic rings. The summed E-state index contributed by atoms with van der Waals surface area (Å²) in [5, 5.41) is 5.00. The summed E-state index contributed by atoms with van der Waals surface area (Å²) in [6.45, 7) is 5.19. The van der Waals surface area contributed by atoms with Crippen LogP contribution in [0, 0.1) is 6.92 Å². The van der Waals surface area contributed by atoms with Crippen LogP contribution in [0.25, 0.3) is 0 Å². The summed E-state index contributed by atoms with van der Waals surface area (Å²) in [5.74, 6) is 0. The van der Waals surface area contributed by atoms with Crippen molar-refractivity contribution in [2.75, 3.05) is 6.54 Å². The molecule has 0 amide bonds. The summed E-state index contributed by atoms with van der Waals surface area (Å²) in [4.78, 5) is 2.51. The van der Waals surface area contributed by atoms with Crippen LogP contribution in [0.2, 0.25) is 10.0 Å². The predicted octanol–water partition coefficient (Wildman–Crippen LogP) is 6.21. The second-order valence-corrected chi connectivity index (χ2v) is 7.61. The Hall–Kier alpha value is -0.0600. The summed E-state index contributed by atoms with van der Waals surface area (Å²) >= 11 is 17.9. The lowest BCUT2D eigenvalue weighted by Crippen LogP contribution is -2.23. The molecule has 0 saturated carbocycles. The van der Waals surface area contributed by atoms with Crippen molar-refractivity contribution < 1.29 is 0 Å². The minimum Gasteiger partial charge on any atom is -0.306 e. The van der Waals surface area contributed by atoms with Crippen molar-refractivity contribution in [1.82, 2.24) is 5.32 Å². The van der Waals surface area contributed by atoms with Crippen molar-refractivity contribution >= 4 is 50.5 Å². The van der Waals surface area contributed by atoms with Gasteiger partial charge in [0.15, 0.2) is 0 Å². The number of hydrogen-bond acceptors (Lipinski definition) is 2. The summed E-state index contributed by atoms with van der Waals surface area (Å²) in [6.07, 6.45) is 1.07. The SMILES string of the molecule is CCCNC(c1cc(Cl)ccc1Cl)c1sc(C)cc1Br. The Bertz CT molecular complexity index is 598. The average molecular weight is 393 g/mol. The van der Waals surface area contributed by atoms with Gasteiger partial charge in [0.25, 0.3) is 0 Å². The highest BCUT2D eigenvalue weighted by atomic mass is 79.9. The molecule has 0 saturated heterocycles. The van der Waals surface area contributed by atoms with Crippen LogP contribution in [0.3, 0.4) is 0 Å². The lowest BCUT2D eigenvalue weighted by molar-refractivity contribution is 0.604. The normalized spacial score (nSPS) is 12.7. The van der Waals surface area contributed by atoms with E-state index in [0.717, 1.165) is 28.0 Å². The predicted molar refractivity (Wildman–Crippen MR) is 93.4 cm³/mol. The number of nitrogens with one attached hydrogen (secondary N) is 1. The van der Waals surface area contributed by atoms with E-state index in [1.54, 1.807) is 11.3 Å². The molecule has 1 heterocycles. The number of aryl methyl sites for hydroxylation is 1. The van der Waals surface area contributed by atoms with Crippen LogP contribution in [0.15, 0.2) is 28.7 Å². The van der Waals surface area contributed by atoms with Crippen LogP contribution in [-0.2, 0) is 0 Å². The highest BCUT2D eigenvalue weighted by molar-refractivity contribution is 9.10. The van der Waals surface area contributed by atoms with Gasteiger partial charge < -0.3 is 5.32 Å². The molecule has 1 aromatic carbocycles. The fraction of sp³-hybridized carbons (Fsp3) is 0.333. The molecule has 0 aliphatic heterocycles. The van der Waals surface area contributed by atoms with E-state index in [2.05, 4.69) is 41.2 Å². The number of hydrogen-bond donors (Lipinski definition) is 1. The van der Waals surface area contributed by atoms with Crippen molar-refractivity contribution in [2.24, 2.45) is 0 Å². The smallest absolute Gasteiger partial charge is 0.0697 e. The van der Waals surface area contributed by atoms with Crippen molar-refractivity contribution in [3.05, 3.63) is 54.1 Å². The molecular weight excluding hydrogens is 377 g/mol. The fourth-order valence-corrected chi connectivity index (χ4v) is 4.45. The molecule has 2 rings (SSSR count). The maximum Gasteiger partial charge on any atom is 0.0697 e. The van der Waals surface area contributed by atoms with Crippen molar-refractivity contribution in [3.63, 3.8) is 0 Å². The van der Waals surface area contributed by atoms with E-state index >= 15 is 0 Å². The number of rotatable bonds is 5. The molecule has 0 bridgehead atoms. The minimum absolute atomic E-state index is 0.0641. The van der Waals surface area contributed by atoms with Crippen LogP contribution in [0.4, 0.5) is 0 Å². The fourth-order valence-electron chi connectivity index (χ4n) is 2.07. The average Bonchev–Trinajstić information content (AvgIpc) is 2.73. The molecule has 2 aromatic rings. The second-order valence-electron chi connectivity index (χ2n) is 4.62. The van der Waals surface area contributed by atoms with E-state index in [-0.39, 0.29) is 6.04 Å². The quantitative estimate of drug-likeness (QED) is 0.637. The molecule has 0 radical (unpaired) electrons. The van der Waals surface area contributed by atoms with E-state index in [0.29, 0.717) is 5.02 Å². The Morgan fingerprint density at radius 1 is 1.30 bits per heavy atom. The molecule has 5 heteroatoms. The number of thiophene rings is 1. The van der Waals surface area contributed by atoms with Gasteiger partial charge in [-0.15, -0.1) is 11.3 Å². The standard InChI is InChI=1S/C15H16BrCl2NS/c1-3-6-19-14(15-12(16)7-9(2)20-15)11-8-10(17)4-5-13(11)18/h4-5,7-8,14,19H,3,6H2,1-2H3. The molecule has 1 unspecified atom stereocenters. The summed E-state index contributed by atoms with van der Waals surface area (Å²) in [5.41, 5.74) is 1.02. The monoisotopic (exact) mass is 391 g/mol. The van der Waals surface area contributed by atoms with Crippen LogP contribution >= 0.6 is 50.5 Å². The van der Waals surface area contributed by atoms with Crippen LogP contribution in [0.1, 0.15) is 34.7 Å². The molecule has 0 spiro atoms. The Morgan fingerprint density at radius 3 is 2.65 bits per heavy atom. The first-order chi connectivity index (χ1) is 9.52. The number of halogens is 3. The Balaban J connectivity index is 2.46. The van der Waals surface area contributed by atoms with E-state index in [4.69, 9.17) is 23.2 Å². The maximum absolute atomic E-state index is 6.37. The van der Waals surface area contributed by atoms with Gasteiger partial charge in [0, 0.05) is 24.3 Å². The van der Waals surface area contributed by atoms with Crippen LogP contribution < -0.4 is 5.32 Å². The van der Waals surface area contributed by atoms with Gasteiger partial charge in [-0.2, -0.15) is 0 Å². The third-order valence-electron chi connectivity index (χ3n) is 2.97. The van der Waals surface area contributed by atoms with Gasteiger partial charge in [0.05, 0.1) is 6.04 Å². The molecule has 1 nitrogen and oxygen atoms in total. The largest absolute Gasteiger partial charge is 0.306 e. The van der Waals surface area contributed by atoms with E-state index < -0.39 is 0 Å². The van der Waals surface area contributed by atoms with Gasteiger partial charge in [-0.05, 0) is 65.6 Å². The summed E-state index contributed by atoms with van der Waals surface area (Å²) < 4.78 is 1.12. The van der Waals surface area contributed by atoms with E-state index in [9.17, 15) is 0 Å².